The van der Waals surface area contributed by atoms with Crippen molar-refractivity contribution in [3.05, 3.63) is 30.0 Å². The van der Waals surface area contributed by atoms with Crippen LogP contribution in [0.1, 0.15) is 12.5 Å². The van der Waals surface area contributed by atoms with E-state index in [1.807, 2.05) is 18.2 Å². The van der Waals surface area contributed by atoms with Gasteiger partial charge >= 0.3 is 0 Å². The predicted octanol–water partition coefficient (Wildman–Crippen LogP) is 1.30. The Kier molecular flexibility index (Phi) is 2.21. The van der Waals surface area contributed by atoms with Crippen molar-refractivity contribution in [3.8, 4) is 11.8 Å². The van der Waals surface area contributed by atoms with Crippen LogP contribution in [0.5, 0.6) is 0 Å². The van der Waals surface area contributed by atoms with Crippen molar-refractivity contribution in [2.75, 3.05) is 0 Å². The summed E-state index contributed by atoms with van der Waals surface area (Å²) < 4.78 is 0. The molecule has 0 aliphatic rings. The summed E-state index contributed by atoms with van der Waals surface area (Å²) in [7, 11) is 0. The molecule has 1 aromatic heterocycles. The maximum atomic E-state index is 8.99. The van der Waals surface area contributed by atoms with Crippen LogP contribution < -0.4 is 0 Å². The number of fused-ring (bicyclic) bond motifs is 1. The number of hydrogen-bond donors (Lipinski definition) is 2. The Hall–Kier alpha value is -1.79. The molecule has 0 bridgehead atoms. The number of aliphatic hydroxyl groups is 1. The van der Waals surface area contributed by atoms with E-state index in [0.717, 1.165) is 16.5 Å². The molecule has 1 aromatic carbocycles. The highest BCUT2D eigenvalue weighted by atomic mass is 16.3. The maximum Gasteiger partial charge on any atom is 0.112 e. The molecular formula is C11H10N2O. The Balaban J connectivity index is 2.41. The van der Waals surface area contributed by atoms with Crippen LogP contribution in [0.3, 0.4) is 0 Å². The van der Waals surface area contributed by atoms with Gasteiger partial charge in [0.1, 0.15) is 6.10 Å². The summed E-state index contributed by atoms with van der Waals surface area (Å²) in [6.07, 6.45) is 1.16. The smallest absolute Gasteiger partial charge is 0.112 e. The van der Waals surface area contributed by atoms with Crippen LogP contribution >= 0.6 is 0 Å². The lowest BCUT2D eigenvalue weighted by Crippen LogP contribution is -1.92. The summed E-state index contributed by atoms with van der Waals surface area (Å²) in [5.41, 5.74) is 1.88. The van der Waals surface area contributed by atoms with Crippen LogP contribution in [0.25, 0.3) is 10.9 Å². The molecule has 2 N–H and O–H groups in total. The van der Waals surface area contributed by atoms with E-state index in [1.165, 1.54) is 0 Å². The first-order valence-electron chi connectivity index (χ1n) is 4.38. The van der Waals surface area contributed by atoms with Crippen molar-refractivity contribution in [1.29, 1.82) is 0 Å². The van der Waals surface area contributed by atoms with E-state index < -0.39 is 6.10 Å². The van der Waals surface area contributed by atoms with Crippen LogP contribution in [-0.4, -0.2) is 21.4 Å². The highest BCUT2D eigenvalue weighted by molar-refractivity contribution is 5.79. The Morgan fingerprint density at radius 1 is 1.50 bits per heavy atom. The molecule has 0 spiro atoms. The molecule has 0 saturated carbocycles. The predicted molar refractivity (Wildman–Crippen MR) is 54.7 cm³/mol. The summed E-state index contributed by atoms with van der Waals surface area (Å²) in [6.45, 7) is 1.64. The van der Waals surface area contributed by atoms with Gasteiger partial charge in [-0.2, -0.15) is 5.10 Å². The SMILES string of the molecule is CC(O)C#Cc1ccc2[nH]ncc2c1. The molecule has 0 saturated heterocycles. The number of nitrogens with one attached hydrogen (secondary N) is 1. The second-order valence-corrected chi connectivity index (χ2v) is 3.12. The molecule has 3 nitrogen and oxygen atoms in total. The number of rotatable bonds is 0. The summed E-state index contributed by atoms with van der Waals surface area (Å²) in [5, 5.41) is 16.8. The molecule has 3 heteroatoms. The fourth-order valence-electron chi connectivity index (χ4n) is 1.21. The molecule has 0 aliphatic carbocycles. The maximum absolute atomic E-state index is 8.99. The molecule has 0 fully saturated rings. The van der Waals surface area contributed by atoms with Gasteiger partial charge in [-0.3, -0.25) is 5.10 Å². The molecule has 0 amide bonds. The first-order chi connectivity index (χ1) is 6.75. The van der Waals surface area contributed by atoms with E-state index in [0.29, 0.717) is 0 Å². The van der Waals surface area contributed by atoms with Gasteiger partial charge in [0.2, 0.25) is 0 Å². The average molecular weight is 186 g/mol. The van der Waals surface area contributed by atoms with Gasteiger partial charge in [0, 0.05) is 10.9 Å². The highest BCUT2D eigenvalue weighted by Gasteiger charge is 1.95. The molecule has 1 atom stereocenters. The fourth-order valence-corrected chi connectivity index (χ4v) is 1.21. The van der Waals surface area contributed by atoms with Crippen molar-refractivity contribution < 1.29 is 5.11 Å². The van der Waals surface area contributed by atoms with E-state index in [4.69, 9.17) is 5.11 Å². The molecule has 70 valence electrons. The number of nitrogens with zero attached hydrogens (tertiary/aromatic N) is 1. The molecule has 1 unspecified atom stereocenters. The van der Waals surface area contributed by atoms with E-state index >= 15 is 0 Å². The zero-order valence-electron chi connectivity index (χ0n) is 7.78. The Labute approximate surface area is 81.8 Å². The van der Waals surface area contributed by atoms with Crippen LogP contribution in [0.4, 0.5) is 0 Å². The topological polar surface area (TPSA) is 48.9 Å². The lowest BCUT2D eigenvalue weighted by molar-refractivity contribution is 0.253. The molecule has 0 radical (unpaired) electrons. The van der Waals surface area contributed by atoms with Gasteiger partial charge in [0.15, 0.2) is 0 Å². The van der Waals surface area contributed by atoms with Crippen LogP contribution in [0.2, 0.25) is 0 Å². The fraction of sp³-hybridized carbons (Fsp3) is 0.182. The van der Waals surface area contributed by atoms with Gasteiger partial charge < -0.3 is 5.11 Å². The Morgan fingerprint density at radius 3 is 3.14 bits per heavy atom. The zero-order chi connectivity index (χ0) is 9.97. The van der Waals surface area contributed by atoms with E-state index in [-0.39, 0.29) is 0 Å². The third-order valence-electron chi connectivity index (χ3n) is 1.87. The number of aliphatic hydroxyl groups excluding tert-OH is 1. The Morgan fingerprint density at radius 2 is 2.36 bits per heavy atom. The summed E-state index contributed by atoms with van der Waals surface area (Å²) in [5.74, 6) is 5.58. The van der Waals surface area contributed by atoms with Crippen LogP contribution in [-0.2, 0) is 0 Å². The minimum absolute atomic E-state index is 0.588. The third-order valence-corrected chi connectivity index (χ3v) is 1.87. The average Bonchev–Trinajstić information content (AvgIpc) is 2.61. The normalized spacial score (nSPS) is 12.1. The van der Waals surface area contributed by atoms with Crippen LogP contribution in [0.15, 0.2) is 24.4 Å². The van der Waals surface area contributed by atoms with Crippen molar-refractivity contribution in [3.63, 3.8) is 0 Å². The van der Waals surface area contributed by atoms with E-state index in [9.17, 15) is 0 Å². The van der Waals surface area contributed by atoms with Gasteiger partial charge in [0.05, 0.1) is 11.7 Å². The highest BCUT2D eigenvalue weighted by Crippen LogP contribution is 2.11. The van der Waals surface area contributed by atoms with Gasteiger partial charge in [-0.05, 0) is 25.1 Å². The number of H-pyrrole nitrogens is 1. The number of hydrogen-bond acceptors (Lipinski definition) is 2. The first kappa shape index (κ1) is 8.79. The van der Waals surface area contributed by atoms with Crippen molar-refractivity contribution in [2.45, 2.75) is 13.0 Å². The molecular weight excluding hydrogens is 176 g/mol. The van der Waals surface area contributed by atoms with Gasteiger partial charge in [-0.1, -0.05) is 11.8 Å². The molecule has 0 aliphatic heterocycles. The Bertz CT molecular complexity index is 502. The minimum Gasteiger partial charge on any atom is -0.381 e. The molecule has 2 rings (SSSR count). The number of benzene rings is 1. The minimum atomic E-state index is -0.588. The van der Waals surface area contributed by atoms with Gasteiger partial charge in [-0.15, -0.1) is 0 Å². The summed E-state index contributed by atoms with van der Waals surface area (Å²) in [6, 6.07) is 5.76. The number of aromatic amines is 1. The van der Waals surface area contributed by atoms with Crippen LogP contribution in [0, 0.1) is 11.8 Å². The second-order valence-electron chi connectivity index (χ2n) is 3.12. The largest absolute Gasteiger partial charge is 0.381 e. The molecule has 2 aromatic rings. The number of aromatic nitrogens is 2. The van der Waals surface area contributed by atoms with Gasteiger partial charge in [0.25, 0.3) is 0 Å². The summed E-state index contributed by atoms with van der Waals surface area (Å²) in [4.78, 5) is 0. The zero-order valence-corrected chi connectivity index (χ0v) is 7.78. The molecule has 14 heavy (non-hydrogen) atoms. The first-order valence-corrected chi connectivity index (χ1v) is 4.38. The van der Waals surface area contributed by atoms with Crippen molar-refractivity contribution in [1.82, 2.24) is 10.2 Å². The molecule has 1 heterocycles. The van der Waals surface area contributed by atoms with E-state index in [2.05, 4.69) is 22.0 Å². The van der Waals surface area contributed by atoms with Gasteiger partial charge in [-0.25, -0.2) is 0 Å². The van der Waals surface area contributed by atoms with E-state index in [1.54, 1.807) is 13.1 Å². The summed E-state index contributed by atoms with van der Waals surface area (Å²) >= 11 is 0. The lowest BCUT2D eigenvalue weighted by Gasteiger charge is -1.91. The van der Waals surface area contributed by atoms with Crippen molar-refractivity contribution in [2.24, 2.45) is 0 Å². The second kappa shape index (κ2) is 3.52. The quantitative estimate of drug-likeness (QED) is 0.609. The standard InChI is InChI=1S/C11H10N2O/c1-8(14)2-3-9-4-5-11-10(6-9)7-12-13-11/h4-8,14H,1H3,(H,12,13). The monoisotopic (exact) mass is 186 g/mol. The van der Waals surface area contributed by atoms with Crippen molar-refractivity contribution >= 4 is 10.9 Å². The lowest BCUT2D eigenvalue weighted by atomic mass is 10.1. The third kappa shape index (κ3) is 1.76.